The maximum Gasteiger partial charge on any atom is 0.335 e. The Hall–Kier alpha value is -3.12. The molecule has 1 aliphatic rings. The third kappa shape index (κ3) is 4.49. The van der Waals surface area contributed by atoms with Gasteiger partial charge in [-0.15, -0.1) is 0 Å². The first kappa shape index (κ1) is 20.6. The van der Waals surface area contributed by atoms with Crippen molar-refractivity contribution in [2.45, 2.75) is 33.3 Å². The molecule has 0 aliphatic carbocycles. The van der Waals surface area contributed by atoms with Gasteiger partial charge in [-0.2, -0.15) is 0 Å². The Labute approximate surface area is 169 Å². The van der Waals surface area contributed by atoms with Gasteiger partial charge in [0.05, 0.1) is 24.8 Å². The molecule has 29 heavy (non-hydrogen) atoms. The minimum atomic E-state index is -0.941. The molecule has 6 nitrogen and oxygen atoms in total. The Morgan fingerprint density at radius 2 is 1.90 bits per heavy atom. The molecule has 0 saturated carbocycles. The summed E-state index contributed by atoms with van der Waals surface area (Å²) in [6, 6.07) is 6.71. The van der Waals surface area contributed by atoms with E-state index >= 15 is 0 Å². The number of carboxylic acids is 1. The van der Waals surface area contributed by atoms with Crippen molar-refractivity contribution in [3.63, 3.8) is 0 Å². The number of methoxy groups -OCH3 is 1. The molecule has 3 rings (SSSR count). The predicted molar refractivity (Wildman–Crippen MR) is 109 cm³/mol. The van der Waals surface area contributed by atoms with Crippen LogP contribution in [0.3, 0.4) is 0 Å². The summed E-state index contributed by atoms with van der Waals surface area (Å²) in [5.74, 6) is -0.215. The van der Waals surface area contributed by atoms with Crippen LogP contribution in [0.5, 0.6) is 5.95 Å². The van der Waals surface area contributed by atoms with E-state index in [-0.39, 0.29) is 23.0 Å². The molecule has 1 aromatic carbocycles. The lowest BCUT2D eigenvalue weighted by molar-refractivity contribution is 0.0697. The van der Waals surface area contributed by atoms with Crippen LogP contribution >= 0.6 is 0 Å². The van der Waals surface area contributed by atoms with Crippen molar-refractivity contribution < 1.29 is 23.8 Å². The summed E-state index contributed by atoms with van der Waals surface area (Å²) in [5, 5.41) is 8.98. The van der Waals surface area contributed by atoms with Crippen molar-refractivity contribution in [2.75, 3.05) is 13.7 Å². The van der Waals surface area contributed by atoms with E-state index in [0.717, 1.165) is 16.7 Å². The van der Waals surface area contributed by atoms with Gasteiger partial charge in [-0.05, 0) is 44.0 Å². The van der Waals surface area contributed by atoms with Crippen molar-refractivity contribution >= 4 is 12.0 Å². The number of carbonyl (C=O) groups is 1. The molecule has 6 heteroatoms. The third-order valence-electron chi connectivity index (χ3n) is 4.94. The van der Waals surface area contributed by atoms with Crippen molar-refractivity contribution in [3.05, 3.63) is 79.7 Å². The summed E-state index contributed by atoms with van der Waals surface area (Å²) in [6.07, 6.45) is 4.32. The Balaban J connectivity index is 1.78. The number of benzene rings is 1. The molecule has 1 atom stereocenters. The molecular formula is C23H24O6. The summed E-state index contributed by atoms with van der Waals surface area (Å²) in [6.45, 7) is 5.85. The van der Waals surface area contributed by atoms with Crippen LogP contribution in [-0.2, 0) is 4.74 Å². The van der Waals surface area contributed by atoms with Gasteiger partial charge in [-0.1, -0.05) is 29.9 Å². The molecule has 0 unspecified atom stereocenters. The monoisotopic (exact) mass is 396 g/mol. The number of rotatable bonds is 5. The Bertz CT molecular complexity index is 1040. The minimum absolute atomic E-state index is 0.0926. The molecule has 0 spiro atoms. The summed E-state index contributed by atoms with van der Waals surface area (Å²) in [4.78, 5) is 23.3. The first-order valence-corrected chi connectivity index (χ1v) is 9.31. The second-order valence-electron chi connectivity index (χ2n) is 7.16. The minimum Gasteiger partial charge on any atom is -0.478 e. The maximum atomic E-state index is 12.4. The van der Waals surface area contributed by atoms with Crippen molar-refractivity contribution in [1.82, 2.24) is 0 Å². The zero-order valence-corrected chi connectivity index (χ0v) is 16.9. The van der Waals surface area contributed by atoms with Crippen LogP contribution in [0.1, 0.15) is 52.3 Å². The second kappa shape index (κ2) is 8.49. The van der Waals surface area contributed by atoms with Crippen LogP contribution in [0.2, 0.25) is 0 Å². The van der Waals surface area contributed by atoms with Gasteiger partial charge in [-0.3, -0.25) is 4.79 Å². The highest BCUT2D eigenvalue weighted by Gasteiger charge is 2.28. The van der Waals surface area contributed by atoms with E-state index in [2.05, 4.69) is 0 Å². The van der Waals surface area contributed by atoms with Crippen molar-refractivity contribution in [1.29, 1.82) is 0 Å². The first-order chi connectivity index (χ1) is 13.8. The van der Waals surface area contributed by atoms with Gasteiger partial charge in [0.1, 0.15) is 11.9 Å². The lowest BCUT2D eigenvalue weighted by atomic mass is 10.0. The zero-order valence-electron chi connectivity index (χ0n) is 16.9. The first-order valence-electron chi connectivity index (χ1n) is 9.31. The smallest absolute Gasteiger partial charge is 0.335 e. The van der Waals surface area contributed by atoms with Crippen LogP contribution in [0, 0.1) is 13.8 Å². The fourth-order valence-corrected chi connectivity index (χ4v) is 3.42. The van der Waals surface area contributed by atoms with Gasteiger partial charge in [0.25, 0.3) is 5.95 Å². The zero-order chi connectivity index (χ0) is 21.1. The molecule has 0 amide bonds. The number of aromatic carboxylic acids is 1. The Morgan fingerprint density at radius 3 is 2.52 bits per heavy atom. The Kier molecular flexibility index (Phi) is 6.03. The average Bonchev–Trinajstić information content (AvgIpc) is 3.14. The second-order valence-corrected chi connectivity index (χ2v) is 7.16. The van der Waals surface area contributed by atoms with E-state index in [1.54, 1.807) is 38.1 Å². The SMILES string of the molecule is COc1oc([C@H]2C/C(=C/C(C)=C/c3ccc(C(=O)O)cc3)CO2)c(C)c(=O)c1C. The quantitative estimate of drug-likeness (QED) is 0.803. The van der Waals surface area contributed by atoms with Gasteiger partial charge >= 0.3 is 5.97 Å². The summed E-state index contributed by atoms with van der Waals surface area (Å²) in [5.41, 5.74) is 4.19. The molecular weight excluding hydrogens is 372 g/mol. The molecule has 1 N–H and O–H groups in total. The number of hydrogen-bond donors (Lipinski definition) is 1. The summed E-state index contributed by atoms with van der Waals surface area (Å²) >= 11 is 0. The molecule has 1 saturated heterocycles. The van der Waals surface area contributed by atoms with Crippen LogP contribution in [0.25, 0.3) is 6.08 Å². The predicted octanol–water partition coefficient (Wildman–Crippen LogP) is 4.45. The van der Waals surface area contributed by atoms with E-state index in [9.17, 15) is 9.59 Å². The third-order valence-corrected chi connectivity index (χ3v) is 4.94. The van der Waals surface area contributed by atoms with E-state index in [1.165, 1.54) is 7.11 Å². The highest BCUT2D eigenvalue weighted by Crippen LogP contribution is 2.35. The van der Waals surface area contributed by atoms with Gasteiger partial charge in [0, 0.05) is 12.0 Å². The van der Waals surface area contributed by atoms with Crippen LogP contribution in [-0.4, -0.2) is 24.8 Å². The normalized spacial score (nSPS) is 18.3. The van der Waals surface area contributed by atoms with E-state index in [0.29, 0.717) is 29.9 Å². The number of hydrogen-bond acceptors (Lipinski definition) is 5. The van der Waals surface area contributed by atoms with Crippen LogP contribution in [0.15, 0.2) is 50.7 Å². The fourth-order valence-electron chi connectivity index (χ4n) is 3.42. The van der Waals surface area contributed by atoms with Crippen LogP contribution in [0.4, 0.5) is 0 Å². The van der Waals surface area contributed by atoms with Gasteiger partial charge in [0.15, 0.2) is 5.43 Å². The topological polar surface area (TPSA) is 86.0 Å². The largest absolute Gasteiger partial charge is 0.478 e. The molecule has 2 heterocycles. The molecule has 152 valence electrons. The van der Waals surface area contributed by atoms with E-state index < -0.39 is 5.97 Å². The number of ether oxygens (including phenoxy) is 2. The maximum absolute atomic E-state index is 12.4. The highest BCUT2D eigenvalue weighted by molar-refractivity contribution is 5.87. The van der Waals surface area contributed by atoms with Crippen molar-refractivity contribution in [3.8, 4) is 5.95 Å². The van der Waals surface area contributed by atoms with Gasteiger partial charge < -0.3 is 19.0 Å². The molecule has 0 radical (unpaired) electrons. The number of carboxylic acid groups (broad SMARTS) is 1. The average molecular weight is 396 g/mol. The van der Waals surface area contributed by atoms with Crippen molar-refractivity contribution in [2.24, 2.45) is 0 Å². The van der Waals surface area contributed by atoms with Crippen LogP contribution < -0.4 is 10.2 Å². The number of allylic oxidation sites excluding steroid dienone is 2. The lowest BCUT2D eigenvalue weighted by Crippen LogP contribution is -2.15. The Morgan fingerprint density at radius 1 is 1.21 bits per heavy atom. The molecule has 0 bridgehead atoms. The highest BCUT2D eigenvalue weighted by atomic mass is 16.6. The lowest BCUT2D eigenvalue weighted by Gasteiger charge is -2.13. The molecule has 1 aliphatic heterocycles. The van der Waals surface area contributed by atoms with Gasteiger partial charge in [-0.25, -0.2) is 4.79 Å². The molecule has 1 fully saturated rings. The molecule has 1 aromatic heterocycles. The fraction of sp³-hybridized carbons (Fsp3) is 0.304. The van der Waals surface area contributed by atoms with Gasteiger partial charge in [0.2, 0.25) is 0 Å². The summed E-state index contributed by atoms with van der Waals surface area (Å²) in [7, 11) is 1.47. The molecule has 2 aromatic rings. The van der Waals surface area contributed by atoms with E-state index in [1.807, 2.05) is 19.1 Å². The van der Waals surface area contributed by atoms with E-state index in [4.69, 9.17) is 19.0 Å². The standard InChI is InChI=1S/C23H24O6/c1-13(9-16-5-7-18(8-6-16)22(25)26)10-17-11-19(28-12-17)21-14(2)20(24)15(3)23(27-4)29-21/h5-10,19H,11-12H2,1-4H3,(H,25,26)/b13-9+,17-10-/t19-/m1/s1. The summed E-state index contributed by atoms with van der Waals surface area (Å²) < 4.78 is 16.8.